The van der Waals surface area contributed by atoms with E-state index in [0.29, 0.717) is 5.92 Å². The normalized spacial score (nSPS) is 14.9. The van der Waals surface area contributed by atoms with Crippen LogP contribution in [0.5, 0.6) is 0 Å². The van der Waals surface area contributed by atoms with Gasteiger partial charge in [-0.1, -0.05) is 57.0 Å². The second-order valence-electron chi connectivity index (χ2n) is 4.66. The molecule has 2 unspecified atom stereocenters. The second kappa shape index (κ2) is 7.46. The Labute approximate surface area is 105 Å². The number of nitrogens with two attached hydrogens (primary N) is 1. The van der Waals surface area contributed by atoms with Gasteiger partial charge in [0.1, 0.15) is 0 Å². The van der Waals surface area contributed by atoms with Crippen LogP contribution in [-0.2, 0) is 4.74 Å². The molecule has 0 aromatic heterocycles. The van der Waals surface area contributed by atoms with Crippen molar-refractivity contribution in [2.24, 2.45) is 11.7 Å². The zero-order valence-corrected chi connectivity index (χ0v) is 11.2. The van der Waals surface area contributed by atoms with Gasteiger partial charge < -0.3 is 10.5 Å². The predicted molar refractivity (Wildman–Crippen MR) is 72.9 cm³/mol. The third kappa shape index (κ3) is 4.49. The average molecular weight is 235 g/mol. The number of ether oxygens (including phenoxy) is 1. The van der Waals surface area contributed by atoms with Gasteiger partial charge in [-0.05, 0) is 18.4 Å². The van der Waals surface area contributed by atoms with E-state index in [1.54, 1.807) is 0 Å². The molecule has 0 aliphatic carbocycles. The van der Waals surface area contributed by atoms with Crippen molar-refractivity contribution in [3.05, 3.63) is 35.9 Å². The molecule has 1 rings (SSSR count). The Bertz CT molecular complexity index is 295. The van der Waals surface area contributed by atoms with E-state index >= 15 is 0 Å². The van der Waals surface area contributed by atoms with Gasteiger partial charge >= 0.3 is 0 Å². The van der Waals surface area contributed by atoms with Crippen LogP contribution in [0.15, 0.2) is 30.3 Å². The molecule has 0 fully saturated rings. The van der Waals surface area contributed by atoms with E-state index in [-0.39, 0.29) is 12.1 Å². The molecule has 0 radical (unpaired) electrons. The van der Waals surface area contributed by atoms with Crippen molar-refractivity contribution in [3.63, 3.8) is 0 Å². The molecular weight excluding hydrogens is 210 g/mol. The van der Waals surface area contributed by atoms with Gasteiger partial charge in [0.25, 0.3) is 0 Å². The first-order valence-electron chi connectivity index (χ1n) is 6.61. The molecule has 0 heterocycles. The van der Waals surface area contributed by atoms with Crippen molar-refractivity contribution in [3.8, 4) is 0 Å². The summed E-state index contributed by atoms with van der Waals surface area (Å²) in [6, 6.07) is 10.1. The first-order valence-corrected chi connectivity index (χ1v) is 6.61. The van der Waals surface area contributed by atoms with Gasteiger partial charge in [0.15, 0.2) is 0 Å². The standard InChI is InChI=1S/C15H25NO/c1-4-13(5-2)11-17-12(3)15(16)14-9-7-6-8-10-14/h6-10,12-13,15H,4-5,11,16H2,1-3H3. The Kier molecular flexibility index (Phi) is 6.23. The minimum Gasteiger partial charge on any atom is -0.376 e. The van der Waals surface area contributed by atoms with E-state index in [0.717, 1.165) is 12.2 Å². The van der Waals surface area contributed by atoms with Gasteiger partial charge in [-0.25, -0.2) is 0 Å². The summed E-state index contributed by atoms with van der Waals surface area (Å²) in [7, 11) is 0. The van der Waals surface area contributed by atoms with Crippen LogP contribution < -0.4 is 5.73 Å². The van der Waals surface area contributed by atoms with Crippen molar-refractivity contribution in [2.45, 2.75) is 45.8 Å². The fourth-order valence-electron chi connectivity index (χ4n) is 1.86. The van der Waals surface area contributed by atoms with E-state index in [1.807, 2.05) is 18.2 Å². The molecule has 0 bridgehead atoms. The second-order valence-corrected chi connectivity index (χ2v) is 4.66. The highest BCUT2D eigenvalue weighted by atomic mass is 16.5. The van der Waals surface area contributed by atoms with Crippen LogP contribution in [0.2, 0.25) is 0 Å². The lowest BCUT2D eigenvalue weighted by Crippen LogP contribution is -2.28. The van der Waals surface area contributed by atoms with Crippen molar-refractivity contribution >= 4 is 0 Å². The molecule has 0 amide bonds. The summed E-state index contributed by atoms with van der Waals surface area (Å²) in [5, 5.41) is 0. The summed E-state index contributed by atoms with van der Waals surface area (Å²) in [4.78, 5) is 0. The van der Waals surface area contributed by atoms with E-state index in [2.05, 4.69) is 32.9 Å². The highest BCUT2D eigenvalue weighted by molar-refractivity contribution is 5.19. The third-order valence-electron chi connectivity index (χ3n) is 3.44. The van der Waals surface area contributed by atoms with Crippen LogP contribution in [0.3, 0.4) is 0 Å². The molecule has 1 aromatic carbocycles. The summed E-state index contributed by atoms with van der Waals surface area (Å²) in [6.07, 6.45) is 2.41. The summed E-state index contributed by atoms with van der Waals surface area (Å²) in [6.45, 7) is 7.29. The number of hydrogen-bond acceptors (Lipinski definition) is 2. The Morgan fingerprint density at radius 1 is 1.12 bits per heavy atom. The summed E-state index contributed by atoms with van der Waals surface area (Å²) >= 11 is 0. The molecule has 2 N–H and O–H groups in total. The van der Waals surface area contributed by atoms with Crippen LogP contribution in [-0.4, -0.2) is 12.7 Å². The lowest BCUT2D eigenvalue weighted by molar-refractivity contribution is 0.0231. The van der Waals surface area contributed by atoms with Crippen LogP contribution in [0.4, 0.5) is 0 Å². The zero-order valence-electron chi connectivity index (χ0n) is 11.2. The molecule has 0 saturated heterocycles. The first-order chi connectivity index (χ1) is 8.19. The summed E-state index contributed by atoms with van der Waals surface area (Å²) in [5.74, 6) is 0.653. The van der Waals surface area contributed by atoms with Crippen molar-refractivity contribution in [1.82, 2.24) is 0 Å². The lowest BCUT2D eigenvalue weighted by atomic mass is 10.0. The Morgan fingerprint density at radius 2 is 1.71 bits per heavy atom. The van der Waals surface area contributed by atoms with Gasteiger partial charge in [0.05, 0.1) is 12.1 Å². The van der Waals surface area contributed by atoms with Gasteiger partial charge in [0, 0.05) is 6.61 Å². The SMILES string of the molecule is CCC(CC)COC(C)C(N)c1ccccc1. The molecule has 0 aliphatic heterocycles. The van der Waals surface area contributed by atoms with Crippen molar-refractivity contribution in [2.75, 3.05) is 6.61 Å². The van der Waals surface area contributed by atoms with Gasteiger partial charge in [-0.15, -0.1) is 0 Å². The van der Waals surface area contributed by atoms with Crippen LogP contribution >= 0.6 is 0 Å². The smallest absolute Gasteiger partial charge is 0.0739 e. The maximum Gasteiger partial charge on any atom is 0.0739 e. The molecule has 17 heavy (non-hydrogen) atoms. The fraction of sp³-hybridized carbons (Fsp3) is 0.600. The monoisotopic (exact) mass is 235 g/mol. The van der Waals surface area contributed by atoms with Crippen molar-refractivity contribution in [1.29, 1.82) is 0 Å². The minimum absolute atomic E-state index is 0.0365. The van der Waals surface area contributed by atoms with Crippen LogP contribution in [0.25, 0.3) is 0 Å². The lowest BCUT2D eigenvalue weighted by Gasteiger charge is -2.23. The van der Waals surface area contributed by atoms with Gasteiger partial charge in [-0.2, -0.15) is 0 Å². The Morgan fingerprint density at radius 3 is 2.24 bits per heavy atom. The highest BCUT2D eigenvalue weighted by Crippen LogP contribution is 2.18. The molecule has 2 atom stereocenters. The van der Waals surface area contributed by atoms with Gasteiger partial charge in [-0.3, -0.25) is 0 Å². The third-order valence-corrected chi connectivity index (χ3v) is 3.44. The summed E-state index contributed by atoms with van der Waals surface area (Å²) in [5.41, 5.74) is 7.33. The van der Waals surface area contributed by atoms with Gasteiger partial charge in [0.2, 0.25) is 0 Å². The average Bonchev–Trinajstić information content (AvgIpc) is 2.39. The molecule has 0 spiro atoms. The molecule has 96 valence electrons. The Hall–Kier alpha value is -0.860. The Balaban J connectivity index is 2.45. The first kappa shape index (κ1) is 14.2. The molecular formula is C15H25NO. The fourth-order valence-corrected chi connectivity index (χ4v) is 1.86. The molecule has 0 aliphatic rings. The topological polar surface area (TPSA) is 35.2 Å². The number of hydrogen-bond donors (Lipinski definition) is 1. The maximum absolute atomic E-state index is 6.18. The van der Waals surface area contributed by atoms with E-state index in [1.165, 1.54) is 12.8 Å². The predicted octanol–water partition coefficient (Wildman–Crippen LogP) is 3.53. The van der Waals surface area contributed by atoms with Crippen LogP contribution in [0, 0.1) is 5.92 Å². The van der Waals surface area contributed by atoms with E-state index in [4.69, 9.17) is 10.5 Å². The number of benzene rings is 1. The zero-order chi connectivity index (χ0) is 12.7. The molecule has 2 nitrogen and oxygen atoms in total. The highest BCUT2D eigenvalue weighted by Gasteiger charge is 2.16. The largest absolute Gasteiger partial charge is 0.376 e. The maximum atomic E-state index is 6.18. The minimum atomic E-state index is -0.0365. The molecule has 0 saturated carbocycles. The van der Waals surface area contributed by atoms with E-state index in [9.17, 15) is 0 Å². The van der Waals surface area contributed by atoms with Crippen LogP contribution in [0.1, 0.15) is 45.2 Å². The number of rotatable bonds is 7. The molecule has 1 aromatic rings. The molecule has 2 heteroatoms. The van der Waals surface area contributed by atoms with E-state index < -0.39 is 0 Å². The quantitative estimate of drug-likeness (QED) is 0.784. The summed E-state index contributed by atoms with van der Waals surface area (Å²) < 4.78 is 5.88. The van der Waals surface area contributed by atoms with Crippen molar-refractivity contribution < 1.29 is 4.74 Å².